The van der Waals surface area contributed by atoms with E-state index in [1.54, 1.807) is 19.1 Å². The van der Waals surface area contributed by atoms with Gasteiger partial charge in [-0.3, -0.25) is 14.4 Å². The predicted molar refractivity (Wildman–Crippen MR) is 104 cm³/mol. The standard InChI is InChI=1S/C23H30O4/c1-14(20(24)15-8-10-19(11-9-15)23(2,3)4)27-22(26)18-12-16-6-5-7-17(13-18)21(16)25/h8-11,14,16-18H,5-7,12-13H2,1-4H3/t14-,16-,17+,18?/m1/s1. The van der Waals surface area contributed by atoms with Gasteiger partial charge in [0.1, 0.15) is 5.78 Å². The van der Waals surface area contributed by atoms with Crippen LogP contribution >= 0.6 is 0 Å². The number of ketones is 2. The number of hydrogen-bond acceptors (Lipinski definition) is 4. The van der Waals surface area contributed by atoms with Crippen LogP contribution in [-0.4, -0.2) is 23.6 Å². The Kier molecular flexibility index (Phi) is 5.55. The molecule has 0 spiro atoms. The Bertz CT molecular complexity index is 710. The van der Waals surface area contributed by atoms with E-state index in [4.69, 9.17) is 4.74 Å². The van der Waals surface area contributed by atoms with Crippen molar-refractivity contribution in [1.82, 2.24) is 0 Å². The number of ether oxygens (including phenoxy) is 1. The summed E-state index contributed by atoms with van der Waals surface area (Å²) >= 11 is 0. The van der Waals surface area contributed by atoms with Crippen molar-refractivity contribution in [3.05, 3.63) is 35.4 Å². The van der Waals surface area contributed by atoms with Crippen LogP contribution in [0.4, 0.5) is 0 Å². The lowest BCUT2D eigenvalue weighted by atomic mass is 9.67. The number of hydrogen-bond donors (Lipinski definition) is 0. The molecule has 2 aliphatic rings. The first-order valence-corrected chi connectivity index (χ1v) is 10.1. The molecule has 2 saturated carbocycles. The third-order valence-electron chi connectivity index (χ3n) is 6.08. The lowest BCUT2D eigenvalue weighted by Crippen LogP contribution is -2.40. The van der Waals surface area contributed by atoms with Gasteiger partial charge in [-0.25, -0.2) is 0 Å². The summed E-state index contributed by atoms with van der Waals surface area (Å²) in [6.07, 6.45) is 3.18. The quantitative estimate of drug-likeness (QED) is 0.578. The molecule has 0 radical (unpaired) electrons. The smallest absolute Gasteiger partial charge is 0.309 e. The van der Waals surface area contributed by atoms with Crippen molar-refractivity contribution >= 4 is 17.5 Å². The van der Waals surface area contributed by atoms with Crippen molar-refractivity contribution in [3.8, 4) is 0 Å². The third kappa shape index (κ3) is 4.31. The third-order valence-corrected chi connectivity index (χ3v) is 6.08. The number of carbonyl (C=O) groups is 3. The summed E-state index contributed by atoms with van der Waals surface area (Å²) in [6, 6.07) is 7.51. The summed E-state index contributed by atoms with van der Waals surface area (Å²) in [5, 5.41) is 0. The average Bonchev–Trinajstić information content (AvgIpc) is 2.60. The van der Waals surface area contributed by atoms with Gasteiger partial charge in [0, 0.05) is 17.4 Å². The van der Waals surface area contributed by atoms with Gasteiger partial charge in [0.25, 0.3) is 0 Å². The molecule has 2 bridgehead atoms. The molecule has 4 heteroatoms. The van der Waals surface area contributed by atoms with Crippen LogP contribution in [0.5, 0.6) is 0 Å². The predicted octanol–water partition coefficient (Wildman–Crippen LogP) is 4.49. The fourth-order valence-corrected chi connectivity index (χ4v) is 4.37. The molecule has 27 heavy (non-hydrogen) atoms. The molecule has 3 rings (SSSR count). The zero-order valence-electron chi connectivity index (χ0n) is 16.8. The van der Waals surface area contributed by atoms with Crippen LogP contribution in [0.15, 0.2) is 24.3 Å². The minimum atomic E-state index is -0.810. The van der Waals surface area contributed by atoms with Crippen LogP contribution in [0, 0.1) is 17.8 Å². The van der Waals surface area contributed by atoms with Crippen molar-refractivity contribution in [3.63, 3.8) is 0 Å². The molecule has 4 nitrogen and oxygen atoms in total. The van der Waals surface area contributed by atoms with Gasteiger partial charge in [-0.2, -0.15) is 0 Å². The van der Waals surface area contributed by atoms with Gasteiger partial charge >= 0.3 is 5.97 Å². The zero-order valence-corrected chi connectivity index (χ0v) is 16.8. The Morgan fingerprint density at radius 3 is 2.11 bits per heavy atom. The van der Waals surface area contributed by atoms with Crippen molar-refractivity contribution in [2.24, 2.45) is 17.8 Å². The first-order valence-electron chi connectivity index (χ1n) is 10.1. The van der Waals surface area contributed by atoms with E-state index in [-0.39, 0.29) is 34.9 Å². The molecular formula is C23H30O4. The van der Waals surface area contributed by atoms with E-state index in [1.165, 1.54) is 0 Å². The second-order valence-electron chi connectivity index (χ2n) is 9.17. The molecule has 0 saturated heterocycles. The summed E-state index contributed by atoms with van der Waals surface area (Å²) in [5.41, 5.74) is 1.73. The Morgan fingerprint density at radius 1 is 1.04 bits per heavy atom. The maximum absolute atomic E-state index is 12.6. The average molecular weight is 370 g/mol. The molecule has 0 heterocycles. The highest BCUT2D eigenvalue weighted by Gasteiger charge is 2.42. The van der Waals surface area contributed by atoms with Gasteiger partial charge in [-0.15, -0.1) is 0 Å². The molecule has 2 fully saturated rings. The highest BCUT2D eigenvalue weighted by molar-refractivity contribution is 6.00. The minimum Gasteiger partial charge on any atom is -0.454 e. The van der Waals surface area contributed by atoms with Crippen LogP contribution in [0.3, 0.4) is 0 Å². The van der Waals surface area contributed by atoms with E-state index in [1.807, 2.05) is 12.1 Å². The molecule has 0 aromatic heterocycles. The summed E-state index contributed by atoms with van der Waals surface area (Å²) < 4.78 is 5.50. The topological polar surface area (TPSA) is 60.4 Å². The SMILES string of the molecule is C[C@@H](OC(=O)C1C[C@H]2CCC[C@@H](C1)C2=O)C(=O)c1ccc(C(C)(C)C)cc1. The van der Waals surface area contributed by atoms with E-state index in [2.05, 4.69) is 20.8 Å². The molecule has 1 unspecified atom stereocenters. The van der Waals surface area contributed by atoms with Gasteiger partial charge in [0.15, 0.2) is 6.10 Å². The minimum absolute atomic E-state index is 0.00556. The normalized spacial score (nSPS) is 26.4. The van der Waals surface area contributed by atoms with Crippen LogP contribution in [-0.2, 0) is 19.7 Å². The van der Waals surface area contributed by atoms with Crippen LogP contribution in [0.2, 0.25) is 0 Å². The Morgan fingerprint density at radius 2 is 1.59 bits per heavy atom. The van der Waals surface area contributed by atoms with Crippen LogP contribution < -0.4 is 0 Å². The Labute approximate surface area is 161 Å². The number of benzene rings is 1. The summed E-state index contributed by atoms with van der Waals surface area (Å²) in [4.78, 5) is 37.4. The Hall–Kier alpha value is -1.97. The molecule has 4 atom stereocenters. The second kappa shape index (κ2) is 7.57. The van der Waals surface area contributed by atoms with E-state index in [0.717, 1.165) is 24.8 Å². The second-order valence-corrected chi connectivity index (χ2v) is 9.17. The number of Topliss-reactive ketones (excluding diaryl/α,β-unsaturated/α-hetero) is 2. The first kappa shape index (κ1) is 19.8. The first-order chi connectivity index (χ1) is 12.7. The van der Waals surface area contributed by atoms with Gasteiger partial charge in [-0.05, 0) is 43.6 Å². The highest BCUT2D eigenvalue weighted by atomic mass is 16.5. The fourth-order valence-electron chi connectivity index (χ4n) is 4.37. The number of esters is 1. The van der Waals surface area contributed by atoms with E-state index >= 15 is 0 Å². The fraction of sp³-hybridized carbons (Fsp3) is 0.609. The highest BCUT2D eigenvalue weighted by Crippen LogP contribution is 2.40. The van der Waals surface area contributed by atoms with Crippen molar-refractivity contribution < 1.29 is 19.1 Å². The molecule has 0 N–H and O–H groups in total. The number of rotatable bonds is 4. The monoisotopic (exact) mass is 370 g/mol. The molecular weight excluding hydrogens is 340 g/mol. The van der Waals surface area contributed by atoms with Gasteiger partial charge in [0.2, 0.25) is 5.78 Å². The zero-order chi connectivity index (χ0) is 19.8. The van der Waals surface area contributed by atoms with E-state index in [0.29, 0.717) is 24.2 Å². The largest absolute Gasteiger partial charge is 0.454 e. The summed E-state index contributed by atoms with van der Waals surface area (Å²) in [6.45, 7) is 8.00. The van der Waals surface area contributed by atoms with Gasteiger partial charge in [0.05, 0.1) is 5.92 Å². The summed E-state index contributed by atoms with van der Waals surface area (Å²) in [7, 11) is 0. The number of fused-ring (bicyclic) bond motifs is 2. The summed E-state index contributed by atoms with van der Waals surface area (Å²) in [5.74, 6) is -0.427. The van der Waals surface area contributed by atoms with Crippen molar-refractivity contribution in [2.45, 2.75) is 71.3 Å². The lowest BCUT2D eigenvalue weighted by Gasteiger charge is -2.36. The molecule has 146 valence electrons. The van der Waals surface area contributed by atoms with Gasteiger partial charge in [-0.1, -0.05) is 51.5 Å². The van der Waals surface area contributed by atoms with Crippen LogP contribution in [0.1, 0.15) is 75.7 Å². The van der Waals surface area contributed by atoms with Crippen LogP contribution in [0.25, 0.3) is 0 Å². The van der Waals surface area contributed by atoms with Crippen molar-refractivity contribution in [1.29, 1.82) is 0 Å². The van der Waals surface area contributed by atoms with Crippen molar-refractivity contribution in [2.75, 3.05) is 0 Å². The molecule has 0 amide bonds. The Balaban J connectivity index is 1.61. The molecule has 1 aromatic rings. The van der Waals surface area contributed by atoms with Gasteiger partial charge < -0.3 is 4.74 Å². The molecule has 1 aromatic carbocycles. The van der Waals surface area contributed by atoms with E-state index in [9.17, 15) is 14.4 Å². The number of carbonyl (C=O) groups excluding carboxylic acids is 3. The van der Waals surface area contributed by atoms with E-state index < -0.39 is 6.10 Å². The maximum Gasteiger partial charge on any atom is 0.309 e. The lowest BCUT2D eigenvalue weighted by molar-refractivity contribution is -0.155. The molecule has 2 aliphatic carbocycles. The maximum atomic E-state index is 12.6. The molecule has 0 aliphatic heterocycles.